The molecule has 1 aromatic heterocycles. The second kappa shape index (κ2) is 6.91. The van der Waals surface area contributed by atoms with Gasteiger partial charge in [0.25, 0.3) is 5.91 Å². The lowest BCUT2D eigenvalue weighted by atomic mass is 10.3. The minimum Gasteiger partial charge on any atom is -0.490 e. The monoisotopic (exact) mass is 335 g/mol. The van der Waals surface area contributed by atoms with Crippen molar-refractivity contribution in [3.63, 3.8) is 0 Å². The number of benzene rings is 1. The molecule has 0 aliphatic heterocycles. The fourth-order valence-corrected chi connectivity index (χ4v) is 1.77. The van der Waals surface area contributed by atoms with Gasteiger partial charge in [0.15, 0.2) is 0 Å². The number of nitrogens with one attached hydrogen (secondary N) is 1. The van der Waals surface area contributed by atoms with Crippen LogP contribution < -0.4 is 15.8 Å². The Bertz CT molecular complexity index is 587. The summed E-state index contributed by atoms with van der Waals surface area (Å²) in [6.45, 7) is 0.724. The van der Waals surface area contributed by atoms with Gasteiger partial charge in [-0.05, 0) is 40.2 Å². The molecule has 0 aliphatic carbocycles. The maximum Gasteiger partial charge on any atom is 0.269 e. The summed E-state index contributed by atoms with van der Waals surface area (Å²) < 4.78 is 6.31. The zero-order valence-electron chi connectivity index (χ0n) is 10.7. The first-order valence-corrected chi connectivity index (χ1v) is 6.83. The van der Waals surface area contributed by atoms with Gasteiger partial charge in [0.05, 0.1) is 12.2 Å². The zero-order valence-corrected chi connectivity index (χ0v) is 12.3. The van der Waals surface area contributed by atoms with E-state index in [2.05, 4.69) is 26.2 Å². The molecule has 20 heavy (non-hydrogen) atoms. The normalized spacial score (nSPS) is 10.1. The first kappa shape index (κ1) is 14.3. The van der Waals surface area contributed by atoms with Crippen LogP contribution in [0.25, 0.3) is 0 Å². The second-order valence-corrected chi connectivity index (χ2v) is 4.92. The zero-order chi connectivity index (χ0) is 14.4. The van der Waals surface area contributed by atoms with Gasteiger partial charge in [0.2, 0.25) is 0 Å². The minimum absolute atomic E-state index is 0.234. The number of amides is 1. The van der Waals surface area contributed by atoms with Gasteiger partial charge in [-0.1, -0.05) is 12.1 Å². The topological polar surface area (TPSA) is 77.2 Å². The van der Waals surface area contributed by atoms with Crippen molar-refractivity contribution in [1.82, 2.24) is 10.3 Å². The Morgan fingerprint density at radius 3 is 2.80 bits per heavy atom. The number of nitrogens with zero attached hydrogens (tertiary/aromatic N) is 1. The van der Waals surface area contributed by atoms with Crippen LogP contribution in [0.3, 0.4) is 0 Å². The molecule has 0 saturated carbocycles. The fraction of sp³-hybridized carbons (Fsp3) is 0.143. The van der Waals surface area contributed by atoms with E-state index in [1.165, 1.54) is 0 Å². The molecule has 0 fully saturated rings. The van der Waals surface area contributed by atoms with Gasteiger partial charge < -0.3 is 15.8 Å². The molecule has 0 saturated heterocycles. The molecule has 0 radical (unpaired) electrons. The Morgan fingerprint density at radius 2 is 2.10 bits per heavy atom. The summed E-state index contributed by atoms with van der Waals surface area (Å²) >= 11 is 3.26. The number of anilines is 1. The second-order valence-electron chi connectivity index (χ2n) is 4.00. The molecule has 0 unspecified atom stereocenters. The van der Waals surface area contributed by atoms with Crippen LogP contribution in [-0.2, 0) is 0 Å². The van der Waals surface area contributed by atoms with Gasteiger partial charge in [-0.2, -0.15) is 0 Å². The number of nitrogen functional groups attached to an aromatic ring is 1. The average molecular weight is 336 g/mol. The van der Waals surface area contributed by atoms with Crippen LogP contribution >= 0.6 is 15.9 Å². The third kappa shape index (κ3) is 3.96. The van der Waals surface area contributed by atoms with E-state index in [9.17, 15) is 4.79 Å². The molecule has 1 amide bonds. The molecule has 2 aromatic rings. The molecule has 5 nitrogen and oxygen atoms in total. The van der Waals surface area contributed by atoms with Crippen LogP contribution in [0, 0.1) is 0 Å². The lowest BCUT2D eigenvalue weighted by molar-refractivity contribution is 0.0942. The summed E-state index contributed by atoms with van der Waals surface area (Å²) in [6.07, 6.45) is 1.58. The summed E-state index contributed by atoms with van der Waals surface area (Å²) in [5.74, 6) is 0.380. The first-order valence-electron chi connectivity index (χ1n) is 6.04. The molecule has 0 atom stereocenters. The number of ether oxygens (including phenoxy) is 1. The third-order valence-electron chi connectivity index (χ3n) is 2.52. The largest absolute Gasteiger partial charge is 0.490 e. The van der Waals surface area contributed by atoms with Gasteiger partial charge in [0.1, 0.15) is 18.1 Å². The summed E-state index contributed by atoms with van der Waals surface area (Å²) in [7, 11) is 0. The molecule has 1 heterocycles. The number of hydrogen-bond acceptors (Lipinski definition) is 4. The number of aromatic nitrogens is 1. The van der Waals surface area contributed by atoms with E-state index >= 15 is 0 Å². The Balaban J connectivity index is 1.77. The van der Waals surface area contributed by atoms with Crippen molar-refractivity contribution in [2.75, 3.05) is 18.9 Å². The van der Waals surface area contributed by atoms with Crippen LogP contribution in [0.1, 0.15) is 10.5 Å². The predicted octanol–water partition coefficient (Wildman–Crippen LogP) is 2.24. The average Bonchev–Trinajstić information content (AvgIpc) is 2.46. The summed E-state index contributed by atoms with van der Waals surface area (Å²) in [5.41, 5.74) is 6.69. The number of nitrogens with two attached hydrogens (primary N) is 1. The Labute approximate surface area is 125 Å². The number of pyridine rings is 1. The molecule has 1 aromatic carbocycles. The highest BCUT2D eigenvalue weighted by Gasteiger charge is 2.06. The van der Waals surface area contributed by atoms with Crippen molar-refractivity contribution >= 4 is 27.5 Å². The quantitative estimate of drug-likeness (QED) is 0.648. The standard InChI is InChI=1S/C14H14BrN3O2/c15-10-5-6-12(18-9-10)14(19)17-7-8-20-13-4-2-1-3-11(13)16/h1-6,9H,7-8,16H2,(H,17,19). The SMILES string of the molecule is Nc1ccccc1OCCNC(=O)c1ccc(Br)cn1. The highest BCUT2D eigenvalue weighted by atomic mass is 79.9. The lowest BCUT2D eigenvalue weighted by Crippen LogP contribution is -2.28. The Hall–Kier alpha value is -2.08. The van der Waals surface area contributed by atoms with Gasteiger partial charge >= 0.3 is 0 Å². The van der Waals surface area contributed by atoms with Gasteiger partial charge in [-0.3, -0.25) is 4.79 Å². The van der Waals surface area contributed by atoms with Crippen LogP contribution in [0.5, 0.6) is 5.75 Å². The fourth-order valence-electron chi connectivity index (χ4n) is 1.54. The van der Waals surface area contributed by atoms with E-state index in [1.54, 1.807) is 30.5 Å². The van der Waals surface area contributed by atoms with Crippen LogP contribution in [0.2, 0.25) is 0 Å². The molecule has 0 spiro atoms. The molecule has 0 bridgehead atoms. The molecule has 3 N–H and O–H groups in total. The third-order valence-corrected chi connectivity index (χ3v) is 2.99. The van der Waals surface area contributed by atoms with E-state index in [-0.39, 0.29) is 5.91 Å². The number of halogens is 1. The number of carbonyl (C=O) groups excluding carboxylic acids is 1. The maximum atomic E-state index is 11.8. The number of carbonyl (C=O) groups is 1. The van der Waals surface area contributed by atoms with Crippen LogP contribution in [0.15, 0.2) is 47.1 Å². The first-order chi connectivity index (χ1) is 9.66. The van der Waals surface area contributed by atoms with Crippen LogP contribution in [0.4, 0.5) is 5.69 Å². The Kier molecular flexibility index (Phi) is 4.95. The molecule has 2 rings (SSSR count). The van der Waals surface area contributed by atoms with Gasteiger partial charge in [0, 0.05) is 10.7 Å². The van der Waals surface area contributed by atoms with E-state index in [0.29, 0.717) is 30.3 Å². The van der Waals surface area contributed by atoms with Crippen molar-refractivity contribution in [3.8, 4) is 5.75 Å². The minimum atomic E-state index is -0.234. The van der Waals surface area contributed by atoms with Crippen molar-refractivity contribution < 1.29 is 9.53 Å². The predicted molar refractivity (Wildman–Crippen MR) is 80.6 cm³/mol. The Morgan fingerprint density at radius 1 is 1.30 bits per heavy atom. The van der Waals surface area contributed by atoms with E-state index in [0.717, 1.165) is 4.47 Å². The van der Waals surface area contributed by atoms with Crippen LogP contribution in [-0.4, -0.2) is 24.0 Å². The highest BCUT2D eigenvalue weighted by molar-refractivity contribution is 9.10. The highest BCUT2D eigenvalue weighted by Crippen LogP contribution is 2.19. The number of rotatable bonds is 5. The van der Waals surface area contributed by atoms with Crippen molar-refractivity contribution in [1.29, 1.82) is 0 Å². The van der Waals surface area contributed by atoms with Gasteiger partial charge in [-0.15, -0.1) is 0 Å². The smallest absolute Gasteiger partial charge is 0.269 e. The molecular weight excluding hydrogens is 322 g/mol. The van der Waals surface area contributed by atoms with E-state index in [4.69, 9.17) is 10.5 Å². The molecular formula is C14H14BrN3O2. The summed E-state index contributed by atoms with van der Waals surface area (Å²) in [5, 5.41) is 2.73. The summed E-state index contributed by atoms with van der Waals surface area (Å²) in [6, 6.07) is 10.6. The van der Waals surface area contributed by atoms with Gasteiger partial charge in [-0.25, -0.2) is 4.98 Å². The van der Waals surface area contributed by atoms with Crippen molar-refractivity contribution in [2.45, 2.75) is 0 Å². The van der Waals surface area contributed by atoms with E-state index in [1.807, 2.05) is 12.1 Å². The molecule has 104 valence electrons. The lowest BCUT2D eigenvalue weighted by Gasteiger charge is -2.09. The molecule has 6 heteroatoms. The van der Waals surface area contributed by atoms with E-state index < -0.39 is 0 Å². The number of para-hydroxylation sites is 2. The summed E-state index contributed by atoms with van der Waals surface area (Å²) in [4.78, 5) is 15.8. The molecule has 0 aliphatic rings. The maximum absolute atomic E-state index is 11.8. The number of hydrogen-bond donors (Lipinski definition) is 2. The van der Waals surface area contributed by atoms with Crippen molar-refractivity contribution in [2.24, 2.45) is 0 Å². The van der Waals surface area contributed by atoms with Crippen molar-refractivity contribution in [3.05, 3.63) is 52.8 Å².